The molecule has 1 heterocycles. The van der Waals surface area contributed by atoms with Crippen molar-refractivity contribution in [3.8, 4) is 0 Å². The monoisotopic (exact) mass is 241 g/mol. The number of hydrogen-bond acceptors (Lipinski definition) is 3. The largest absolute Gasteiger partial charge is 0.394 e. The summed E-state index contributed by atoms with van der Waals surface area (Å²) in [5.41, 5.74) is 0.919. The molecule has 3 nitrogen and oxygen atoms in total. The molecule has 1 saturated heterocycles. The third-order valence-electron chi connectivity index (χ3n) is 2.79. The fourth-order valence-corrected chi connectivity index (χ4v) is 2.16. The average Bonchev–Trinajstić information content (AvgIpc) is 2.79. The van der Waals surface area contributed by atoms with Crippen molar-refractivity contribution in [1.82, 2.24) is 0 Å². The molecule has 1 aliphatic rings. The van der Waals surface area contributed by atoms with E-state index in [-0.39, 0.29) is 18.8 Å². The third-order valence-corrected chi connectivity index (χ3v) is 3.02. The minimum Gasteiger partial charge on any atom is -0.394 e. The number of aliphatic hydroxyl groups excluding tert-OH is 1. The van der Waals surface area contributed by atoms with Gasteiger partial charge in [0.2, 0.25) is 0 Å². The first-order chi connectivity index (χ1) is 7.79. The fourth-order valence-electron chi connectivity index (χ4n) is 1.97. The van der Waals surface area contributed by atoms with Crippen molar-refractivity contribution in [3.05, 3.63) is 29.3 Å². The Kier molecular flexibility index (Phi) is 4.04. The lowest BCUT2D eigenvalue weighted by molar-refractivity contribution is 0.0758. The highest BCUT2D eigenvalue weighted by atomic mass is 35.5. The van der Waals surface area contributed by atoms with Gasteiger partial charge in [-0.1, -0.05) is 17.7 Å². The number of rotatable bonds is 4. The molecule has 1 fully saturated rings. The molecule has 0 spiro atoms. The standard InChI is InChI=1S/C12H16ClNO2/c13-9-3-1-4-10(7-9)14-11(8-15)12-5-2-6-16-12/h1,3-4,7,11-12,14-15H,2,5-6,8H2. The number of anilines is 1. The lowest BCUT2D eigenvalue weighted by Gasteiger charge is -2.23. The van der Waals surface area contributed by atoms with Crippen molar-refractivity contribution in [2.24, 2.45) is 0 Å². The average molecular weight is 242 g/mol. The van der Waals surface area contributed by atoms with E-state index in [1.807, 2.05) is 24.3 Å². The van der Waals surface area contributed by atoms with E-state index in [2.05, 4.69) is 5.32 Å². The topological polar surface area (TPSA) is 41.5 Å². The van der Waals surface area contributed by atoms with Gasteiger partial charge in [0.05, 0.1) is 18.8 Å². The summed E-state index contributed by atoms with van der Waals surface area (Å²) in [7, 11) is 0. The molecule has 4 heteroatoms. The van der Waals surface area contributed by atoms with Crippen LogP contribution in [0.4, 0.5) is 5.69 Å². The molecule has 0 saturated carbocycles. The van der Waals surface area contributed by atoms with Crippen LogP contribution in [-0.2, 0) is 4.74 Å². The van der Waals surface area contributed by atoms with Gasteiger partial charge in [0, 0.05) is 17.3 Å². The van der Waals surface area contributed by atoms with Gasteiger partial charge in [0.25, 0.3) is 0 Å². The van der Waals surface area contributed by atoms with Gasteiger partial charge in [0.15, 0.2) is 0 Å². The second kappa shape index (κ2) is 5.53. The minimum atomic E-state index is -0.0547. The quantitative estimate of drug-likeness (QED) is 0.850. The van der Waals surface area contributed by atoms with E-state index in [4.69, 9.17) is 16.3 Å². The predicted octanol–water partition coefficient (Wildman–Crippen LogP) is 2.29. The molecule has 1 aromatic rings. The first kappa shape index (κ1) is 11.7. The maximum Gasteiger partial charge on any atom is 0.0799 e. The molecule has 88 valence electrons. The zero-order valence-corrected chi connectivity index (χ0v) is 9.78. The van der Waals surface area contributed by atoms with Crippen LogP contribution in [0.2, 0.25) is 5.02 Å². The third kappa shape index (κ3) is 2.88. The van der Waals surface area contributed by atoms with Crippen molar-refractivity contribution in [2.75, 3.05) is 18.5 Å². The highest BCUT2D eigenvalue weighted by Gasteiger charge is 2.25. The number of hydrogen-bond donors (Lipinski definition) is 2. The molecule has 2 atom stereocenters. The molecule has 1 aliphatic heterocycles. The number of ether oxygens (including phenoxy) is 1. The first-order valence-corrected chi connectivity index (χ1v) is 5.92. The van der Waals surface area contributed by atoms with Gasteiger partial charge in [-0.2, -0.15) is 0 Å². The van der Waals surface area contributed by atoms with Crippen molar-refractivity contribution in [2.45, 2.75) is 25.0 Å². The Bertz CT molecular complexity index is 340. The summed E-state index contributed by atoms with van der Waals surface area (Å²) in [6.45, 7) is 0.857. The Morgan fingerprint density at radius 1 is 1.56 bits per heavy atom. The molecular formula is C12H16ClNO2. The number of aliphatic hydroxyl groups is 1. The SMILES string of the molecule is OCC(Nc1cccc(Cl)c1)C1CCCO1. The van der Waals surface area contributed by atoms with Crippen molar-refractivity contribution in [1.29, 1.82) is 0 Å². The fraction of sp³-hybridized carbons (Fsp3) is 0.500. The highest BCUT2D eigenvalue weighted by Crippen LogP contribution is 2.21. The second-order valence-electron chi connectivity index (χ2n) is 4.00. The van der Waals surface area contributed by atoms with E-state index in [0.717, 1.165) is 25.1 Å². The first-order valence-electron chi connectivity index (χ1n) is 5.54. The molecule has 2 N–H and O–H groups in total. The number of benzene rings is 1. The molecule has 2 rings (SSSR count). The molecule has 0 amide bonds. The predicted molar refractivity (Wildman–Crippen MR) is 64.9 cm³/mol. The van der Waals surface area contributed by atoms with Crippen molar-refractivity contribution < 1.29 is 9.84 Å². The van der Waals surface area contributed by atoms with Crippen LogP contribution >= 0.6 is 11.6 Å². The van der Waals surface area contributed by atoms with Crippen LogP contribution in [0.15, 0.2) is 24.3 Å². The lowest BCUT2D eigenvalue weighted by Crippen LogP contribution is -2.36. The molecule has 1 aromatic carbocycles. The summed E-state index contributed by atoms with van der Waals surface area (Å²) < 4.78 is 5.55. The van der Waals surface area contributed by atoms with Gasteiger partial charge in [-0.25, -0.2) is 0 Å². The van der Waals surface area contributed by atoms with Crippen LogP contribution in [0.3, 0.4) is 0 Å². The zero-order chi connectivity index (χ0) is 11.4. The smallest absolute Gasteiger partial charge is 0.0799 e. The molecule has 16 heavy (non-hydrogen) atoms. The molecular weight excluding hydrogens is 226 g/mol. The van der Waals surface area contributed by atoms with Crippen LogP contribution in [-0.4, -0.2) is 30.5 Å². The molecule has 0 aromatic heterocycles. The number of nitrogens with one attached hydrogen (secondary N) is 1. The molecule has 0 bridgehead atoms. The van der Waals surface area contributed by atoms with Gasteiger partial charge in [0.1, 0.15) is 0 Å². The van der Waals surface area contributed by atoms with Gasteiger partial charge in [-0.3, -0.25) is 0 Å². The van der Waals surface area contributed by atoms with E-state index >= 15 is 0 Å². The lowest BCUT2D eigenvalue weighted by atomic mass is 10.1. The maximum absolute atomic E-state index is 9.34. The van der Waals surface area contributed by atoms with E-state index < -0.39 is 0 Å². The maximum atomic E-state index is 9.34. The summed E-state index contributed by atoms with van der Waals surface area (Å²) in [5.74, 6) is 0. The molecule has 2 unspecified atom stereocenters. The summed E-state index contributed by atoms with van der Waals surface area (Å²) in [5, 5.41) is 13.3. The summed E-state index contributed by atoms with van der Waals surface area (Å²) in [6, 6.07) is 7.44. The van der Waals surface area contributed by atoms with Crippen LogP contribution in [0.25, 0.3) is 0 Å². The van der Waals surface area contributed by atoms with E-state index in [0.29, 0.717) is 5.02 Å². The Hall–Kier alpha value is -0.770. The van der Waals surface area contributed by atoms with Crippen molar-refractivity contribution >= 4 is 17.3 Å². The van der Waals surface area contributed by atoms with E-state index in [1.54, 1.807) is 0 Å². The molecule has 0 aliphatic carbocycles. The summed E-state index contributed by atoms with van der Waals surface area (Å²) in [4.78, 5) is 0. The molecule has 0 radical (unpaired) electrons. The van der Waals surface area contributed by atoms with Gasteiger partial charge < -0.3 is 15.2 Å². The summed E-state index contributed by atoms with van der Waals surface area (Å²) >= 11 is 5.90. The van der Waals surface area contributed by atoms with Crippen molar-refractivity contribution in [3.63, 3.8) is 0 Å². The summed E-state index contributed by atoms with van der Waals surface area (Å²) in [6.07, 6.45) is 2.17. The Balaban J connectivity index is 2.00. The normalized spacial score (nSPS) is 22.0. The Morgan fingerprint density at radius 3 is 3.06 bits per heavy atom. The van der Waals surface area contributed by atoms with E-state index in [9.17, 15) is 5.11 Å². The minimum absolute atomic E-state index is 0.0547. The Labute approximate surface area is 100 Å². The van der Waals surface area contributed by atoms with Gasteiger partial charge in [-0.05, 0) is 31.0 Å². The van der Waals surface area contributed by atoms with Crippen LogP contribution in [0.1, 0.15) is 12.8 Å². The Morgan fingerprint density at radius 2 is 2.44 bits per heavy atom. The van der Waals surface area contributed by atoms with E-state index in [1.165, 1.54) is 0 Å². The second-order valence-corrected chi connectivity index (χ2v) is 4.43. The van der Waals surface area contributed by atoms with Gasteiger partial charge >= 0.3 is 0 Å². The van der Waals surface area contributed by atoms with Crippen LogP contribution in [0, 0.1) is 0 Å². The van der Waals surface area contributed by atoms with Crippen LogP contribution in [0.5, 0.6) is 0 Å². The zero-order valence-electron chi connectivity index (χ0n) is 9.03. The highest BCUT2D eigenvalue weighted by molar-refractivity contribution is 6.30. The van der Waals surface area contributed by atoms with Crippen LogP contribution < -0.4 is 5.32 Å². The number of halogens is 1. The van der Waals surface area contributed by atoms with Gasteiger partial charge in [-0.15, -0.1) is 0 Å².